The van der Waals surface area contributed by atoms with Gasteiger partial charge in [-0.15, -0.1) is 0 Å². The Hall–Kier alpha value is -2.22. The van der Waals surface area contributed by atoms with Crippen molar-refractivity contribution in [1.29, 1.82) is 0 Å². The van der Waals surface area contributed by atoms with E-state index in [0.29, 0.717) is 31.6 Å². The predicted octanol–water partition coefficient (Wildman–Crippen LogP) is 2.76. The number of benzene rings is 2. The number of anilines is 1. The average molecular weight is 402 g/mol. The average Bonchev–Trinajstić information content (AvgIpc) is 2.87. The number of likely N-dealkylation sites (N-methyl/N-ethyl adjacent to an activating group) is 1. The van der Waals surface area contributed by atoms with Crippen LogP contribution in [-0.4, -0.2) is 38.9 Å². The third-order valence-electron chi connectivity index (χ3n) is 4.93. The fourth-order valence-corrected chi connectivity index (χ4v) is 4.40. The zero-order valence-electron chi connectivity index (χ0n) is 16.1. The summed E-state index contributed by atoms with van der Waals surface area (Å²) in [4.78, 5) is 14.1. The minimum Gasteiger partial charge on any atom is -0.326 e. The van der Waals surface area contributed by atoms with Crippen molar-refractivity contribution in [1.82, 2.24) is 9.62 Å². The minimum absolute atomic E-state index is 0.0226. The number of nitrogens with zero attached hydrogens (tertiary/aromatic N) is 1. The number of aryl methyl sites for hydroxylation is 1. The van der Waals surface area contributed by atoms with Crippen molar-refractivity contribution in [2.24, 2.45) is 0 Å². The molecule has 0 unspecified atom stereocenters. The summed E-state index contributed by atoms with van der Waals surface area (Å²) in [6.45, 7) is 4.67. The summed E-state index contributed by atoms with van der Waals surface area (Å²) in [7, 11) is -3.59. The molecule has 1 amide bonds. The first-order chi connectivity index (χ1) is 13.5. The Morgan fingerprint density at radius 3 is 2.64 bits per heavy atom. The monoisotopic (exact) mass is 401 g/mol. The van der Waals surface area contributed by atoms with Gasteiger partial charge in [0.05, 0.1) is 4.90 Å². The molecule has 0 spiro atoms. The van der Waals surface area contributed by atoms with Crippen LogP contribution in [0.25, 0.3) is 0 Å². The summed E-state index contributed by atoms with van der Waals surface area (Å²) in [5, 5.41) is 2.83. The quantitative estimate of drug-likeness (QED) is 0.713. The first-order valence-corrected chi connectivity index (χ1v) is 11.1. The van der Waals surface area contributed by atoms with Crippen LogP contribution in [0.1, 0.15) is 30.9 Å². The molecule has 0 aromatic heterocycles. The number of hydrogen-bond acceptors (Lipinski definition) is 4. The van der Waals surface area contributed by atoms with E-state index in [2.05, 4.69) is 34.0 Å². The Labute approximate surface area is 167 Å². The Morgan fingerprint density at radius 1 is 1.11 bits per heavy atom. The number of carbonyl (C=O) groups is 1. The lowest BCUT2D eigenvalue weighted by Gasteiger charge is -2.20. The van der Waals surface area contributed by atoms with Crippen molar-refractivity contribution in [2.75, 3.05) is 25.0 Å². The highest BCUT2D eigenvalue weighted by Crippen LogP contribution is 2.25. The molecule has 7 heteroatoms. The van der Waals surface area contributed by atoms with E-state index in [1.54, 1.807) is 18.2 Å². The van der Waals surface area contributed by atoms with E-state index in [4.69, 9.17) is 0 Å². The van der Waals surface area contributed by atoms with Crippen molar-refractivity contribution >= 4 is 21.6 Å². The largest absolute Gasteiger partial charge is 0.326 e. The topological polar surface area (TPSA) is 78.5 Å². The molecule has 2 N–H and O–H groups in total. The summed E-state index contributed by atoms with van der Waals surface area (Å²) in [5.74, 6) is -0.0226. The van der Waals surface area contributed by atoms with Gasteiger partial charge in [-0.2, -0.15) is 0 Å². The van der Waals surface area contributed by atoms with Crippen LogP contribution in [-0.2, 0) is 27.8 Å². The van der Waals surface area contributed by atoms with Crippen molar-refractivity contribution in [2.45, 2.75) is 37.6 Å². The Balaban J connectivity index is 1.60. The summed E-state index contributed by atoms with van der Waals surface area (Å²) in [6.07, 6.45) is 1.88. The molecular weight excluding hydrogens is 374 g/mol. The fraction of sp³-hybridized carbons (Fsp3) is 0.381. The molecule has 0 atom stereocenters. The van der Waals surface area contributed by atoms with Gasteiger partial charge in [0, 0.05) is 31.7 Å². The van der Waals surface area contributed by atoms with E-state index in [0.717, 1.165) is 25.1 Å². The molecule has 3 rings (SSSR count). The Kier molecular flexibility index (Phi) is 6.83. The lowest BCUT2D eigenvalue weighted by Crippen LogP contribution is -2.34. The SMILES string of the molecule is CCN(CCNS(=O)(=O)c1ccc2c(c1)CCCC(=O)N2)Cc1ccccc1. The molecule has 0 saturated heterocycles. The standard InChI is InChI=1S/C21H27N3O3S/c1-2-24(16-17-7-4-3-5-8-17)14-13-22-28(26,27)19-11-12-20-18(15-19)9-6-10-21(25)23-20/h3-5,7-8,11-12,15,22H,2,6,9-10,13-14,16H2,1H3,(H,23,25). The number of carbonyl (C=O) groups excluding carboxylic acids is 1. The van der Waals surface area contributed by atoms with Crippen molar-refractivity contribution in [3.63, 3.8) is 0 Å². The molecule has 1 aliphatic rings. The smallest absolute Gasteiger partial charge is 0.240 e. The van der Waals surface area contributed by atoms with E-state index in [9.17, 15) is 13.2 Å². The maximum Gasteiger partial charge on any atom is 0.240 e. The van der Waals surface area contributed by atoms with Crippen LogP contribution in [0.3, 0.4) is 0 Å². The lowest BCUT2D eigenvalue weighted by molar-refractivity contribution is -0.116. The van der Waals surface area contributed by atoms with E-state index >= 15 is 0 Å². The van der Waals surface area contributed by atoms with Gasteiger partial charge in [-0.05, 0) is 48.7 Å². The molecule has 0 saturated carbocycles. The van der Waals surface area contributed by atoms with E-state index in [1.165, 1.54) is 5.56 Å². The normalized spacial score (nSPS) is 14.4. The van der Waals surface area contributed by atoms with Crippen molar-refractivity contribution in [3.05, 3.63) is 59.7 Å². The van der Waals surface area contributed by atoms with E-state index < -0.39 is 10.0 Å². The number of nitrogens with one attached hydrogen (secondary N) is 2. The van der Waals surface area contributed by atoms with Crippen molar-refractivity contribution in [3.8, 4) is 0 Å². The molecular formula is C21H27N3O3S. The molecule has 2 aromatic carbocycles. The Morgan fingerprint density at radius 2 is 1.89 bits per heavy atom. The van der Waals surface area contributed by atoms with E-state index in [1.807, 2.05) is 18.2 Å². The predicted molar refractivity (Wildman–Crippen MR) is 111 cm³/mol. The molecule has 0 fully saturated rings. The first-order valence-electron chi connectivity index (χ1n) is 9.66. The van der Waals surface area contributed by atoms with Gasteiger partial charge < -0.3 is 5.32 Å². The molecule has 0 bridgehead atoms. The highest BCUT2D eigenvalue weighted by Gasteiger charge is 2.19. The van der Waals surface area contributed by atoms with Gasteiger partial charge in [-0.3, -0.25) is 9.69 Å². The summed E-state index contributed by atoms with van der Waals surface area (Å²) in [6, 6.07) is 15.0. The molecule has 6 nitrogen and oxygen atoms in total. The van der Waals surface area contributed by atoms with Crippen LogP contribution >= 0.6 is 0 Å². The highest BCUT2D eigenvalue weighted by molar-refractivity contribution is 7.89. The fourth-order valence-electron chi connectivity index (χ4n) is 3.33. The molecule has 150 valence electrons. The van der Waals surface area contributed by atoms with Crippen LogP contribution in [0.4, 0.5) is 5.69 Å². The maximum absolute atomic E-state index is 12.7. The zero-order chi connectivity index (χ0) is 20.0. The summed E-state index contributed by atoms with van der Waals surface area (Å²) >= 11 is 0. The van der Waals surface area contributed by atoms with Gasteiger partial charge >= 0.3 is 0 Å². The molecule has 2 aromatic rings. The summed E-state index contributed by atoms with van der Waals surface area (Å²) in [5.41, 5.74) is 2.79. The second-order valence-corrected chi connectivity index (χ2v) is 8.74. The van der Waals surface area contributed by atoms with Crippen molar-refractivity contribution < 1.29 is 13.2 Å². The maximum atomic E-state index is 12.7. The van der Waals surface area contributed by atoms with Gasteiger partial charge in [-0.1, -0.05) is 37.3 Å². The van der Waals surface area contributed by atoms with Gasteiger partial charge in [0.25, 0.3) is 0 Å². The van der Waals surface area contributed by atoms with Gasteiger partial charge in [-0.25, -0.2) is 13.1 Å². The molecule has 0 aliphatic carbocycles. The van der Waals surface area contributed by atoms with E-state index in [-0.39, 0.29) is 10.8 Å². The molecule has 1 aliphatic heterocycles. The number of amides is 1. The third-order valence-corrected chi connectivity index (χ3v) is 6.39. The van der Waals surface area contributed by atoms with Gasteiger partial charge in [0.2, 0.25) is 15.9 Å². The van der Waals surface area contributed by atoms with Gasteiger partial charge in [0.1, 0.15) is 0 Å². The first kappa shape index (κ1) is 20.5. The third kappa shape index (κ3) is 5.41. The number of hydrogen-bond donors (Lipinski definition) is 2. The van der Waals surface area contributed by atoms with Crippen LogP contribution in [0.2, 0.25) is 0 Å². The second kappa shape index (κ2) is 9.32. The Bertz CT molecular complexity index is 914. The summed E-state index contributed by atoms with van der Waals surface area (Å²) < 4.78 is 28.1. The number of sulfonamides is 1. The van der Waals surface area contributed by atoms with Gasteiger partial charge in [0.15, 0.2) is 0 Å². The van der Waals surface area contributed by atoms with Crippen LogP contribution in [0, 0.1) is 0 Å². The lowest BCUT2D eigenvalue weighted by atomic mass is 10.1. The highest BCUT2D eigenvalue weighted by atomic mass is 32.2. The second-order valence-electron chi connectivity index (χ2n) is 6.97. The van der Waals surface area contributed by atoms with Crippen LogP contribution in [0.15, 0.2) is 53.4 Å². The minimum atomic E-state index is -3.59. The molecule has 0 radical (unpaired) electrons. The van der Waals surface area contributed by atoms with Crippen LogP contribution in [0.5, 0.6) is 0 Å². The number of rotatable bonds is 8. The zero-order valence-corrected chi connectivity index (χ0v) is 17.0. The van der Waals surface area contributed by atoms with Crippen LogP contribution < -0.4 is 10.0 Å². The molecule has 28 heavy (non-hydrogen) atoms. The molecule has 1 heterocycles. The number of fused-ring (bicyclic) bond motifs is 1.